The van der Waals surface area contributed by atoms with Crippen LogP contribution < -0.4 is 16.0 Å². The van der Waals surface area contributed by atoms with Gasteiger partial charge in [0.05, 0.1) is 31.9 Å². The number of likely N-dealkylation sites (tertiary alicyclic amines) is 1. The number of carbonyl (C=O) groups excluding carboxylic acids is 5. The van der Waals surface area contributed by atoms with Gasteiger partial charge in [-0.2, -0.15) is 0 Å². The van der Waals surface area contributed by atoms with Gasteiger partial charge in [0.15, 0.2) is 5.78 Å². The number of Topliss-reactive ketones (excluding diaryl/α,β-unsaturated/α-hetero) is 1. The van der Waals surface area contributed by atoms with E-state index in [-0.39, 0.29) is 25.5 Å². The van der Waals surface area contributed by atoms with Gasteiger partial charge in [-0.05, 0) is 38.7 Å². The number of amides is 3. The molecule has 0 radical (unpaired) electrons. The maximum absolute atomic E-state index is 13.8. The average Bonchev–Trinajstić information content (AvgIpc) is 3.42. The van der Waals surface area contributed by atoms with E-state index in [1.807, 2.05) is 6.92 Å². The first kappa shape index (κ1) is 31.7. The molecule has 1 aromatic carbocycles. The summed E-state index contributed by atoms with van der Waals surface area (Å²) in [5.74, 6) is -2.09. The van der Waals surface area contributed by atoms with Crippen molar-refractivity contribution >= 4 is 29.7 Å². The molecular formula is C27H40N4O8. The SMILES string of the molecule is CCCCOC(=O)NC(C)C(=O)N1CCCC1C(=O)C(NC(CO)C(=O)NCC(=O)OCC)c1ccccc1. The topological polar surface area (TPSA) is 163 Å². The predicted molar refractivity (Wildman–Crippen MR) is 141 cm³/mol. The summed E-state index contributed by atoms with van der Waals surface area (Å²) < 4.78 is 9.88. The molecule has 2 rings (SSSR count). The fraction of sp³-hybridized carbons (Fsp3) is 0.593. The third kappa shape index (κ3) is 9.63. The molecule has 0 aromatic heterocycles. The maximum atomic E-state index is 13.8. The summed E-state index contributed by atoms with van der Waals surface area (Å²) in [4.78, 5) is 64.8. The lowest BCUT2D eigenvalue weighted by Gasteiger charge is -2.31. The number of ketones is 1. The van der Waals surface area contributed by atoms with E-state index in [4.69, 9.17) is 9.47 Å². The molecule has 1 heterocycles. The zero-order valence-corrected chi connectivity index (χ0v) is 22.8. The van der Waals surface area contributed by atoms with Crippen molar-refractivity contribution in [1.29, 1.82) is 0 Å². The van der Waals surface area contributed by atoms with Crippen molar-refractivity contribution in [3.8, 4) is 0 Å². The van der Waals surface area contributed by atoms with Crippen LogP contribution in [0.3, 0.4) is 0 Å². The lowest BCUT2D eigenvalue weighted by atomic mass is 9.95. The number of aliphatic hydroxyl groups excluding tert-OH is 1. The van der Waals surface area contributed by atoms with Gasteiger partial charge in [-0.1, -0.05) is 43.7 Å². The Balaban J connectivity index is 2.16. The summed E-state index contributed by atoms with van der Waals surface area (Å²) in [7, 11) is 0. The van der Waals surface area contributed by atoms with Crippen molar-refractivity contribution in [1.82, 2.24) is 20.9 Å². The Hall–Kier alpha value is -3.51. The molecule has 4 N–H and O–H groups in total. The Morgan fingerprint density at radius 3 is 2.46 bits per heavy atom. The van der Waals surface area contributed by atoms with E-state index in [0.717, 1.165) is 6.42 Å². The molecule has 216 valence electrons. The first-order valence-electron chi connectivity index (χ1n) is 13.4. The Bertz CT molecular complexity index is 974. The van der Waals surface area contributed by atoms with Gasteiger partial charge in [-0.15, -0.1) is 0 Å². The summed E-state index contributed by atoms with van der Waals surface area (Å²) in [6.45, 7) is 4.85. The van der Waals surface area contributed by atoms with E-state index in [1.54, 1.807) is 37.3 Å². The first-order chi connectivity index (χ1) is 18.7. The van der Waals surface area contributed by atoms with Crippen LogP contribution in [0, 0.1) is 0 Å². The van der Waals surface area contributed by atoms with Crippen LogP contribution in [0.1, 0.15) is 58.1 Å². The van der Waals surface area contributed by atoms with Gasteiger partial charge in [0.1, 0.15) is 18.6 Å². The molecule has 12 heteroatoms. The van der Waals surface area contributed by atoms with Gasteiger partial charge >= 0.3 is 12.1 Å². The van der Waals surface area contributed by atoms with E-state index in [0.29, 0.717) is 31.4 Å². The Morgan fingerprint density at radius 1 is 1.10 bits per heavy atom. The van der Waals surface area contributed by atoms with Crippen LogP contribution in [0.2, 0.25) is 0 Å². The van der Waals surface area contributed by atoms with Gasteiger partial charge in [-0.25, -0.2) is 4.79 Å². The highest BCUT2D eigenvalue weighted by atomic mass is 16.5. The molecule has 3 amide bonds. The van der Waals surface area contributed by atoms with Crippen LogP contribution in [-0.4, -0.2) is 90.7 Å². The maximum Gasteiger partial charge on any atom is 0.407 e. The van der Waals surface area contributed by atoms with Crippen molar-refractivity contribution in [3.63, 3.8) is 0 Å². The normalized spacial score (nSPS) is 17.0. The molecule has 0 saturated carbocycles. The standard InChI is InChI=1S/C27H40N4O8/c1-4-6-15-39-27(37)29-18(3)26(36)31-14-10-13-21(31)24(34)23(19-11-8-7-9-12-19)30-20(17-32)25(35)28-16-22(33)38-5-2/h7-9,11-12,18,20-21,23,30,32H,4-6,10,13-17H2,1-3H3,(H,28,35)(H,29,37). The summed E-state index contributed by atoms with van der Waals surface area (Å²) in [6.07, 6.45) is 1.86. The van der Waals surface area contributed by atoms with Crippen LogP contribution in [-0.2, 0) is 28.7 Å². The van der Waals surface area contributed by atoms with Crippen LogP contribution in [0.15, 0.2) is 30.3 Å². The zero-order chi connectivity index (χ0) is 28.8. The van der Waals surface area contributed by atoms with Crippen LogP contribution in [0.4, 0.5) is 4.79 Å². The molecule has 39 heavy (non-hydrogen) atoms. The highest BCUT2D eigenvalue weighted by molar-refractivity contribution is 5.96. The molecule has 0 aliphatic carbocycles. The second-order valence-corrected chi connectivity index (χ2v) is 9.22. The van der Waals surface area contributed by atoms with E-state index in [1.165, 1.54) is 11.8 Å². The Kier molecular flexibility index (Phi) is 13.4. The van der Waals surface area contributed by atoms with Gasteiger partial charge in [-0.3, -0.25) is 24.5 Å². The predicted octanol–water partition coefficient (Wildman–Crippen LogP) is 0.832. The fourth-order valence-corrected chi connectivity index (χ4v) is 4.25. The third-order valence-corrected chi connectivity index (χ3v) is 6.30. The van der Waals surface area contributed by atoms with Crippen molar-refractivity contribution < 1.29 is 38.6 Å². The zero-order valence-electron chi connectivity index (χ0n) is 22.8. The van der Waals surface area contributed by atoms with Crippen LogP contribution in [0.25, 0.3) is 0 Å². The van der Waals surface area contributed by atoms with Gasteiger partial charge in [0, 0.05) is 6.54 Å². The lowest BCUT2D eigenvalue weighted by Crippen LogP contribution is -2.55. The monoisotopic (exact) mass is 548 g/mol. The summed E-state index contributed by atoms with van der Waals surface area (Å²) >= 11 is 0. The first-order valence-corrected chi connectivity index (χ1v) is 13.4. The number of hydrogen-bond acceptors (Lipinski definition) is 9. The Labute approximate surface area is 228 Å². The minimum atomic E-state index is -1.21. The van der Waals surface area contributed by atoms with Gasteiger partial charge < -0.3 is 30.1 Å². The molecule has 1 aromatic rings. The summed E-state index contributed by atoms with van der Waals surface area (Å²) in [5.41, 5.74) is 0.545. The number of rotatable bonds is 15. The summed E-state index contributed by atoms with van der Waals surface area (Å²) in [5, 5.41) is 17.7. The molecule has 1 fully saturated rings. The largest absolute Gasteiger partial charge is 0.465 e. The minimum Gasteiger partial charge on any atom is -0.465 e. The quantitative estimate of drug-likeness (QED) is 0.184. The highest BCUT2D eigenvalue weighted by Gasteiger charge is 2.40. The number of esters is 1. The van der Waals surface area contributed by atoms with E-state index in [2.05, 4.69) is 16.0 Å². The smallest absolute Gasteiger partial charge is 0.407 e. The van der Waals surface area contributed by atoms with Crippen molar-refractivity contribution in [3.05, 3.63) is 35.9 Å². The van der Waals surface area contributed by atoms with Gasteiger partial charge in [0.25, 0.3) is 0 Å². The lowest BCUT2D eigenvalue weighted by molar-refractivity contribution is -0.143. The minimum absolute atomic E-state index is 0.158. The molecule has 4 unspecified atom stereocenters. The van der Waals surface area contributed by atoms with Crippen LogP contribution >= 0.6 is 0 Å². The number of hydrogen-bond donors (Lipinski definition) is 4. The molecule has 1 saturated heterocycles. The molecule has 0 spiro atoms. The van der Waals surface area contributed by atoms with Crippen LogP contribution in [0.5, 0.6) is 0 Å². The van der Waals surface area contributed by atoms with E-state index in [9.17, 15) is 29.1 Å². The molecular weight excluding hydrogens is 508 g/mol. The Morgan fingerprint density at radius 2 is 1.82 bits per heavy atom. The number of nitrogens with one attached hydrogen (secondary N) is 3. The number of alkyl carbamates (subject to hydrolysis) is 1. The molecule has 12 nitrogen and oxygen atoms in total. The number of nitrogens with zero attached hydrogens (tertiary/aromatic N) is 1. The highest BCUT2D eigenvalue weighted by Crippen LogP contribution is 2.26. The van der Waals surface area contributed by atoms with Crippen molar-refractivity contribution in [2.45, 2.75) is 70.6 Å². The van der Waals surface area contributed by atoms with Crippen molar-refractivity contribution in [2.75, 3.05) is 32.9 Å². The number of ether oxygens (including phenoxy) is 2. The second-order valence-electron chi connectivity index (χ2n) is 9.22. The number of benzene rings is 1. The number of carbonyl (C=O) groups is 5. The molecule has 1 aliphatic heterocycles. The second kappa shape index (κ2) is 16.5. The molecule has 4 atom stereocenters. The summed E-state index contributed by atoms with van der Waals surface area (Å²) in [6, 6.07) is 4.70. The van der Waals surface area contributed by atoms with Crippen molar-refractivity contribution in [2.24, 2.45) is 0 Å². The van der Waals surface area contributed by atoms with E-state index >= 15 is 0 Å². The molecule has 1 aliphatic rings. The average molecular weight is 549 g/mol. The van der Waals surface area contributed by atoms with Gasteiger partial charge in [0.2, 0.25) is 11.8 Å². The third-order valence-electron chi connectivity index (χ3n) is 6.30. The molecule has 0 bridgehead atoms. The van der Waals surface area contributed by atoms with E-state index < -0.39 is 54.7 Å². The number of aliphatic hydroxyl groups is 1. The number of unbranched alkanes of at least 4 members (excludes halogenated alkanes) is 1. The fourth-order valence-electron chi connectivity index (χ4n) is 4.25.